The molecule has 1 unspecified atom stereocenters. The van der Waals surface area contributed by atoms with Gasteiger partial charge in [0.1, 0.15) is 23.4 Å². The molecule has 0 spiro atoms. The highest BCUT2D eigenvalue weighted by Crippen LogP contribution is 2.33. The fraction of sp³-hybridized carbons (Fsp3) is 0.447. The molecule has 24 heteroatoms. The molecular weight excluding hydrogens is 946 g/mol. The van der Waals surface area contributed by atoms with E-state index in [0.29, 0.717) is 99.6 Å². The van der Waals surface area contributed by atoms with E-state index in [2.05, 4.69) is 36.1 Å². The maximum atomic E-state index is 13.0. The van der Waals surface area contributed by atoms with Gasteiger partial charge in [-0.25, -0.2) is 9.67 Å². The molecule has 0 radical (unpaired) electrons. The molecule has 2 saturated heterocycles. The molecule has 3 aliphatic rings. The number of carbonyl (C=O) groups is 5. The topological polar surface area (TPSA) is 262 Å². The first-order chi connectivity index (χ1) is 34.5. The number of likely N-dealkylation sites (N-methyl/N-ethyl adjacent to an activating group) is 1. The van der Waals surface area contributed by atoms with Crippen LogP contribution < -0.4 is 35.9 Å². The molecule has 3 N–H and O–H groups in total. The van der Waals surface area contributed by atoms with Crippen LogP contribution in [0, 0.1) is 0 Å². The van der Waals surface area contributed by atoms with Crippen LogP contribution in [0.1, 0.15) is 58.0 Å². The summed E-state index contributed by atoms with van der Waals surface area (Å²) >= 11 is 6.54. The van der Waals surface area contributed by atoms with Crippen LogP contribution in [-0.2, 0) is 46.9 Å². The highest BCUT2D eigenvalue weighted by molar-refractivity contribution is 6.33. The van der Waals surface area contributed by atoms with E-state index in [9.17, 15) is 28.8 Å². The van der Waals surface area contributed by atoms with Crippen LogP contribution in [0.2, 0.25) is 5.02 Å². The number of piperidine rings is 2. The molecule has 71 heavy (non-hydrogen) atoms. The lowest BCUT2D eigenvalue weighted by Gasteiger charge is -2.31. The van der Waals surface area contributed by atoms with Crippen LogP contribution in [0.25, 0.3) is 10.9 Å². The number of nitrogens with one attached hydrogen (secondary N) is 3. The van der Waals surface area contributed by atoms with E-state index >= 15 is 0 Å². The standard InChI is InChI=1S/C47H54ClN11O12/c1-49-41(61)28-71-39-24-30-23-31(3-6-37(30)56(2)46(39)65)51-42-35(48)26-50-47(53-42)57-11-9-29(10-12-57)36-27-58(55-54-36)13-14-66-15-16-67-17-18-68-19-20-69-21-22-70-32-4-5-33-34(25-32)45(64)59(44(33)63)38-7-8-40(60)52-43(38)62/h3-6,23-27,29,38H,7-22,28H2,1-2H3,(H,49,61)(H,50,51,53)(H,52,60,62). The van der Waals surface area contributed by atoms with Gasteiger partial charge in [-0.1, -0.05) is 16.8 Å². The zero-order valence-electron chi connectivity index (χ0n) is 39.2. The summed E-state index contributed by atoms with van der Waals surface area (Å²) in [6.45, 7) is 4.96. The van der Waals surface area contributed by atoms with Crippen molar-refractivity contribution in [3.05, 3.63) is 87.1 Å². The molecular formula is C47H54ClN11O12. The number of pyridine rings is 1. The Labute approximate surface area is 412 Å². The molecule has 0 bridgehead atoms. The van der Waals surface area contributed by atoms with Crippen molar-refractivity contribution in [3.63, 3.8) is 0 Å². The fourth-order valence-electron chi connectivity index (χ4n) is 8.25. The number of nitrogens with zero attached hydrogens (tertiary/aromatic N) is 8. The molecule has 2 aromatic carbocycles. The summed E-state index contributed by atoms with van der Waals surface area (Å²) < 4.78 is 36.9. The molecule has 0 saturated carbocycles. The zero-order valence-corrected chi connectivity index (χ0v) is 40.0. The Kier molecular flexibility index (Phi) is 16.8. The molecule has 5 amide bonds. The number of ether oxygens (including phenoxy) is 6. The van der Waals surface area contributed by atoms with Crippen LogP contribution in [0.4, 0.5) is 17.5 Å². The van der Waals surface area contributed by atoms with E-state index in [1.165, 1.54) is 23.7 Å². The Morgan fingerprint density at radius 2 is 1.54 bits per heavy atom. The summed E-state index contributed by atoms with van der Waals surface area (Å²) in [5, 5.41) is 17.8. The first kappa shape index (κ1) is 50.3. The quantitative estimate of drug-likeness (QED) is 0.0592. The van der Waals surface area contributed by atoms with Gasteiger partial charge in [0.2, 0.25) is 17.8 Å². The number of aryl methyl sites for hydroxylation is 1. The number of amides is 5. The minimum absolute atomic E-state index is 0.0510. The number of fused-ring (bicyclic) bond motifs is 2. The number of halogens is 1. The van der Waals surface area contributed by atoms with Crippen molar-refractivity contribution in [3.8, 4) is 11.5 Å². The van der Waals surface area contributed by atoms with Crippen LogP contribution in [0.15, 0.2) is 59.7 Å². The van der Waals surface area contributed by atoms with Crippen molar-refractivity contribution >= 4 is 69.5 Å². The summed E-state index contributed by atoms with van der Waals surface area (Å²) in [5.74, 6) is -0.946. The minimum atomic E-state index is -1.03. The SMILES string of the molecule is CNC(=O)COc1cc2cc(Nc3nc(N4CCC(c5cn(CCOCCOCCOCCOCCOc6ccc7c(c6)C(=O)N(C6CCC(=O)NC6=O)C7=O)nn5)CC4)ncc3Cl)ccc2n(C)c1=O. The highest BCUT2D eigenvalue weighted by Gasteiger charge is 2.44. The van der Waals surface area contributed by atoms with Gasteiger partial charge >= 0.3 is 0 Å². The number of imide groups is 2. The van der Waals surface area contributed by atoms with Gasteiger partial charge in [-0.3, -0.25) is 39.0 Å². The third-order valence-electron chi connectivity index (χ3n) is 12.1. The van der Waals surface area contributed by atoms with E-state index in [1.54, 1.807) is 30.1 Å². The second kappa shape index (κ2) is 23.7. The molecule has 376 valence electrons. The van der Waals surface area contributed by atoms with Gasteiger partial charge in [0.15, 0.2) is 18.2 Å². The summed E-state index contributed by atoms with van der Waals surface area (Å²) in [7, 11) is 3.14. The molecule has 5 aromatic rings. The molecule has 23 nitrogen and oxygen atoms in total. The summed E-state index contributed by atoms with van der Waals surface area (Å²) in [6.07, 6.45) is 5.36. The van der Waals surface area contributed by atoms with Gasteiger partial charge in [0.25, 0.3) is 23.3 Å². The van der Waals surface area contributed by atoms with Gasteiger partial charge in [0.05, 0.1) is 87.9 Å². The number of aromatic nitrogens is 6. The molecule has 6 heterocycles. The average Bonchev–Trinajstić information content (AvgIpc) is 3.95. The molecule has 3 aromatic heterocycles. The van der Waals surface area contributed by atoms with E-state index < -0.39 is 29.7 Å². The highest BCUT2D eigenvalue weighted by atomic mass is 35.5. The predicted octanol–water partition coefficient (Wildman–Crippen LogP) is 2.37. The molecule has 2 fully saturated rings. The van der Waals surface area contributed by atoms with Gasteiger partial charge in [0, 0.05) is 56.8 Å². The van der Waals surface area contributed by atoms with Crippen LogP contribution in [0.5, 0.6) is 11.5 Å². The minimum Gasteiger partial charge on any atom is -0.491 e. The molecule has 0 aliphatic carbocycles. The number of anilines is 3. The largest absolute Gasteiger partial charge is 0.491 e. The van der Waals surface area contributed by atoms with E-state index in [-0.39, 0.29) is 66.9 Å². The number of hydrogen-bond acceptors (Lipinski definition) is 18. The van der Waals surface area contributed by atoms with Crippen LogP contribution in [-0.4, -0.2) is 156 Å². The van der Waals surface area contributed by atoms with Gasteiger partial charge in [-0.05, 0) is 61.7 Å². The van der Waals surface area contributed by atoms with Gasteiger partial charge in [-0.2, -0.15) is 4.98 Å². The third-order valence-corrected chi connectivity index (χ3v) is 12.3. The van der Waals surface area contributed by atoms with Crippen molar-refractivity contribution in [2.24, 2.45) is 7.05 Å². The van der Waals surface area contributed by atoms with Gasteiger partial charge < -0.3 is 48.5 Å². The van der Waals surface area contributed by atoms with Crippen LogP contribution in [0.3, 0.4) is 0 Å². The van der Waals surface area contributed by atoms with Crippen LogP contribution >= 0.6 is 11.6 Å². The summed E-state index contributed by atoms with van der Waals surface area (Å²) in [6, 6.07) is 10.6. The number of hydrogen-bond donors (Lipinski definition) is 3. The number of benzene rings is 2. The third kappa shape index (κ3) is 12.5. The predicted molar refractivity (Wildman–Crippen MR) is 255 cm³/mol. The lowest BCUT2D eigenvalue weighted by atomic mass is 9.94. The Hall–Kier alpha value is -7.05. The van der Waals surface area contributed by atoms with Crippen molar-refractivity contribution in [2.75, 3.05) is 96.4 Å². The maximum Gasteiger partial charge on any atom is 0.293 e. The Balaban J connectivity index is 0.661. The van der Waals surface area contributed by atoms with E-state index in [0.717, 1.165) is 28.8 Å². The Bertz CT molecular complexity index is 2820. The zero-order chi connectivity index (χ0) is 49.9. The fourth-order valence-corrected chi connectivity index (χ4v) is 8.39. The Morgan fingerprint density at radius 1 is 0.831 bits per heavy atom. The van der Waals surface area contributed by atoms with Crippen molar-refractivity contribution < 1.29 is 52.4 Å². The Morgan fingerprint density at radius 3 is 2.25 bits per heavy atom. The average molecular weight is 1000 g/mol. The normalized spacial score (nSPS) is 16.1. The lowest BCUT2D eigenvalue weighted by Crippen LogP contribution is -2.54. The number of carbonyl (C=O) groups excluding carboxylic acids is 5. The smallest absolute Gasteiger partial charge is 0.293 e. The second-order valence-corrected chi connectivity index (χ2v) is 17.1. The second-order valence-electron chi connectivity index (χ2n) is 16.7. The first-order valence-corrected chi connectivity index (χ1v) is 23.6. The summed E-state index contributed by atoms with van der Waals surface area (Å²) in [5.41, 5.74) is 2.28. The molecule has 3 aliphatic heterocycles. The van der Waals surface area contributed by atoms with Crippen molar-refractivity contribution in [1.29, 1.82) is 0 Å². The van der Waals surface area contributed by atoms with Crippen molar-refractivity contribution in [1.82, 2.24) is 45.1 Å². The van der Waals surface area contributed by atoms with E-state index in [1.807, 2.05) is 24.4 Å². The van der Waals surface area contributed by atoms with E-state index in [4.69, 9.17) is 45.0 Å². The maximum absolute atomic E-state index is 13.0. The molecule has 8 rings (SSSR count). The van der Waals surface area contributed by atoms with Gasteiger partial charge in [-0.15, -0.1) is 5.10 Å². The van der Waals surface area contributed by atoms with Crippen molar-refractivity contribution in [2.45, 2.75) is 44.2 Å². The monoisotopic (exact) mass is 999 g/mol. The summed E-state index contributed by atoms with van der Waals surface area (Å²) in [4.78, 5) is 86.5. The lowest BCUT2D eigenvalue weighted by molar-refractivity contribution is -0.136. The molecule has 1 atom stereocenters. The first-order valence-electron chi connectivity index (χ1n) is 23.2. The number of rotatable bonds is 24.